The van der Waals surface area contributed by atoms with Crippen molar-refractivity contribution in [2.45, 2.75) is 185 Å². The number of rotatable bonds is 9. The summed E-state index contributed by atoms with van der Waals surface area (Å²) in [6, 6.07) is 0. The van der Waals surface area contributed by atoms with Crippen LogP contribution in [0.3, 0.4) is 0 Å². The lowest BCUT2D eigenvalue weighted by Gasteiger charge is -2.61. The van der Waals surface area contributed by atoms with Gasteiger partial charge in [0, 0.05) is 43.5 Å². The largest absolute Gasteiger partial charge is 0.456 e. The van der Waals surface area contributed by atoms with Crippen molar-refractivity contribution in [2.75, 3.05) is 14.2 Å². The molecule has 3 heterocycles. The first-order valence-corrected chi connectivity index (χ1v) is 19.8. The average Bonchev–Trinajstić information content (AvgIpc) is 3.67. The highest BCUT2D eigenvalue weighted by molar-refractivity contribution is 5.88. The van der Waals surface area contributed by atoms with Crippen LogP contribution in [0.4, 0.5) is 0 Å². The van der Waals surface area contributed by atoms with Crippen LogP contribution in [-0.4, -0.2) is 126 Å². The summed E-state index contributed by atoms with van der Waals surface area (Å²) in [5, 5.41) is 33.6. The van der Waals surface area contributed by atoms with Crippen LogP contribution in [0.1, 0.15) is 99.8 Å². The van der Waals surface area contributed by atoms with Crippen molar-refractivity contribution >= 4 is 11.8 Å². The standard InChI is InChI=1S/C40H62O13/c1-10-19(2)35(45)51-32-33-37(6)14-12-24(17-23(37)11-15-39(33)40(53-39)16-13-25(20(3)41)38(40,7)34(32)44)50-27-18-26(46-8)30(22(5)48-27)52-36-29(43)31(47-9)28(42)21(4)49-36/h10,21-34,36,42-44H,11-18H2,1-9H3/b19-10+/t21-,22-,23+,24+,25-,26-,27+,28-,29-,30-,31-,32+,33-,34-,36+,37+,38+,39+,40-/m1/s1. The summed E-state index contributed by atoms with van der Waals surface area (Å²) in [4.78, 5) is 26.4. The van der Waals surface area contributed by atoms with Crippen molar-refractivity contribution in [1.82, 2.24) is 0 Å². The molecule has 7 rings (SSSR count). The first-order chi connectivity index (χ1) is 25.0. The van der Waals surface area contributed by atoms with E-state index in [2.05, 4.69) is 6.92 Å². The van der Waals surface area contributed by atoms with E-state index in [4.69, 9.17) is 37.9 Å². The normalized spacial score (nSPS) is 53.5. The van der Waals surface area contributed by atoms with Crippen LogP contribution in [0, 0.1) is 28.6 Å². The summed E-state index contributed by atoms with van der Waals surface area (Å²) in [5.41, 5.74) is -1.88. The summed E-state index contributed by atoms with van der Waals surface area (Å²) >= 11 is 0. The monoisotopic (exact) mass is 750 g/mol. The van der Waals surface area contributed by atoms with E-state index >= 15 is 0 Å². The Hall–Kier alpha value is -1.52. The third kappa shape index (κ3) is 5.84. The topological polar surface area (TPSA) is 172 Å². The third-order valence-corrected chi connectivity index (χ3v) is 15.3. The molecule has 0 aromatic carbocycles. The van der Waals surface area contributed by atoms with Gasteiger partial charge in [0.05, 0.1) is 24.4 Å². The summed E-state index contributed by atoms with van der Waals surface area (Å²) in [7, 11) is 3.05. The molecule has 3 saturated heterocycles. The molecule has 7 aliphatic rings. The number of aliphatic hydroxyl groups is 3. The smallest absolute Gasteiger partial charge is 0.333 e. The van der Waals surface area contributed by atoms with E-state index in [0.29, 0.717) is 24.8 Å². The van der Waals surface area contributed by atoms with Crippen LogP contribution in [0.25, 0.3) is 0 Å². The number of methoxy groups -OCH3 is 2. The maximum Gasteiger partial charge on any atom is 0.333 e. The molecule has 2 spiro atoms. The van der Waals surface area contributed by atoms with E-state index in [1.54, 1.807) is 40.9 Å². The number of Topliss-reactive ketones (excluding diaryl/α,β-unsaturated/α-hetero) is 1. The minimum absolute atomic E-state index is 0.0433. The summed E-state index contributed by atoms with van der Waals surface area (Å²) < 4.78 is 49.7. The Kier molecular flexibility index (Phi) is 10.6. The number of aliphatic hydroxyl groups excluding tert-OH is 3. The van der Waals surface area contributed by atoms with Crippen LogP contribution in [-0.2, 0) is 47.5 Å². The highest BCUT2D eigenvalue weighted by Crippen LogP contribution is 2.81. The van der Waals surface area contributed by atoms with Crippen molar-refractivity contribution in [3.63, 3.8) is 0 Å². The molecule has 0 amide bonds. The highest BCUT2D eigenvalue weighted by Gasteiger charge is 2.90. The number of hydrogen-bond acceptors (Lipinski definition) is 13. The van der Waals surface area contributed by atoms with Gasteiger partial charge >= 0.3 is 5.97 Å². The Morgan fingerprint density at radius 3 is 2.23 bits per heavy atom. The molecule has 13 nitrogen and oxygen atoms in total. The molecule has 13 heteroatoms. The lowest BCUT2D eigenvalue weighted by molar-refractivity contribution is -0.343. The number of fused-ring (bicyclic) bond motifs is 2. The molecule has 7 fully saturated rings. The van der Waals surface area contributed by atoms with Crippen LogP contribution in [0.5, 0.6) is 0 Å². The van der Waals surface area contributed by atoms with E-state index < -0.39 is 90.1 Å². The summed E-state index contributed by atoms with van der Waals surface area (Å²) in [6.07, 6.45) is -1.16. The van der Waals surface area contributed by atoms with Crippen molar-refractivity contribution in [3.8, 4) is 0 Å². The number of carbonyl (C=O) groups excluding carboxylic acids is 2. The summed E-state index contributed by atoms with van der Waals surface area (Å²) in [5.74, 6) is -0.791. The Morgan fingerprint density at radius 1 is 0.830 bits per heavy atom. The zero-order valence-corrected chi connectivity index (χ0v) is 32.8. The number of allylic oxidation sites excluding steroid dienone is 1. The van der Waals surface area contributed by atoms with E-state index in [1.165, 1.54) is 7.11 Å². The van der Waals surface area contributed by atoms with Gasteiger partial charge in [-0.15, -0.1) is 0 Å². The zero-order chi connectivity index (χ0) is 38.4. The molecule has 0 radical (unpaired) electrons. The van der Waals surface area contributed by atoms with Gasteiger partial charge in [-0.2, -0.15) is 0 Å². The quantitative estimate of drug-likeness (QED) is 0.136. The Bertz CT molecular complexity index is 1440. The second kappa shape index (κ2) is 14.1. The molecule has 3 aliphatic heterocycles. The SMILES string of the molecule is C/C=C(\C)C(=O)O[C@@H]1[C@@H](O)[C@]2(C)[C@@H](C(C)=O)CC[C@@]23O[C@]32CC[C@H]3C[C@@H](O[C@H]4C[C@@H](OC)[C@H](O[C@@H]5O[C@H](C)[C@@H](O)[C@@H](OC)[C@H]5O)[C@@H](C)O4)CC[C@]3(C)[C@@H]12. The molecule has 300 valence electrons. The van der Waals surface area contributed by atoms with E-state index in [0.717, 1.165) is 32.1 Å². The van der Waals surface area contributed by atoms with Crippen molar-refractivity contribution in [1.29, 1.82) is 0 Å². The van der Waals surface area contributed by atoms with Crippen LogP contribution < -0.4 is 0 Å². The van der Waals surface area contributed by atoms with Crippen LogP contribution in [0.2, 0.25) is 0 Å². The van der Waals surface area contributed by atoms with E-state index in [9.17, 15) is 24.9 Å². The lowest BCUT2D eigenvalue weighted by Crippen LogP contribution is -2.70. The fourth-order valence-electron chi connectivity index (χ4n) is 12.3. The number of ketones is 1. The Morgan fingerprint density at radius 2 is 1.57 bits per heavy atom. The van der Waals surface area contributed by atoms with E-state index in [1.807, 2.05) is 13.8 Å². The van der Waals surface area contributed by atoms with Gasteiger partial charge in [-0.05, 0) is 90.9 Å². The van der Waals surface area contributed by atoms with Crippen molar-refractivity contribution < 1.29 is 62.8 Å². The predicted molar refractivity (Wildman–Crippen MR) is 188 cm³/mol. The number of ether oxygens (including phenoxy) is 8. The molecule has 4 saturated carbocycles. The number of epoxide rings is 1. The Balaban J connectivity index is 1.06. The molecular weight excluding hydrogens is 688 g/mol. The van der Waals surface area contributed by atoms with Gasteiger partial charge in [-0.25, -0.2) is 4.79 Å². The Labute approximate surface area is 313 Å². The summed E-state index contributed by atoms with van der Waals surface area (Å²) in [6.45, 7) is 13.0. The fraction of sp³-hybridized carbons (Fsp3) is 0.900. The molecule has 0 aromatic heterocycles. The van der Waals surface area contributed by atoms with Gasteiger partial charge in [-0.1, -0.05) is 19.9 Å². The maximum absolute atomic E-state index is 13.4. The van der Waals surface area contributed by atoms with Gasteiger partial charge in [0.15, 0.2) is 12.6 Å². The molecule has 0 bridgehead atoms. The lowest BCUT2D eigenvalue weighted by atomic mass is 9.43. The van der Waals surface area contributed by atoms with Crippen molar-refractivity contribution in [3.05, 3.63) is 11.6 Å². The van der Waals surface area contributed by atoms with Gasteiger partial charge in [0.1, 0.15) is 53.6 Å². The van der Waals surface area contributed by atoms with Gasteiger partial charge in [-0.3, -0.25) is 4.79 Å². The third-order valence-electron chi connectivity index (χ3n) is 15.3. The first-order valence-electron chi connectivity index (χ1n) is 19.8. The van der Waals surface area contributed by atoms with Crippen molar-refractivity contribution in [2.24, 2.45) is 28.6 Å². The second-order valence-electron chi connectivity index (χ2n) is 17.6. The van der Waals surface area contributed by atoms with E-state index in [-0.39, 0.29) is 35.1 Å². The number of carbonyl (C=O) groups is 2. The number of esters is 1. The molecule has 4 aliphatic carbocycles. The fourth-order valence-corrected chi connectivity index (χ4v) is 12.3. The number of hydrogen-bond donors (Lipinski definition) is 3. The second-order valence-corrected chi connectivity index (χ2v) is 17.6. The van der Waals surface area contributed by atoms with Gasteiger partial charge < -0.3 is 53.2 Å². The molecule has 19 atom stereocenters. The minimum atomic E-state index is -1.20. The molecular formula is C40H62O13. The average molecular weight is 751 g/mol. The first kappa shape index (κ1) is 39.7. The highest BCUT2D eigenvalue weighted by atomic mass is 16.7. The molecule has 0 unspecified atom stereocenters. The van der Waals surface area contributed by atoms with Gasteiger partial charge in [0.2, 0.25) is 0 Å². The maximum atomic E-state index is 13.4. The molecule has 0 aromatic rings. The predicted octanol–water partition coefficient (Wildman–Crippen LogP) is 3.37. The van der Waals surface area contributed by atoms with Crippen LogP contribution >= 0.6 is 0 Å². The minimum Gasteiger partial charge on any atom is -0.456 e. The zero-order valence-electron chi connectivity index (χ0n) is 32.8. The van der Waals surface area contributed by atoms with Gasteiger partial charge in [0.25, 0.3) is 0 Å². The molecule has 53 heavy (non-hydrogen) atoms. The van der Waals surface area contributed by atoms with Crippen LogP contribution in [0.15, 0.2) is 11.6 Å². The molecule has 3 N–H and O–H groups in total.